The SMILES string of the molecule is NC(Cc1ccc(Br)s1)c1ccc2ccccc2c1. The van der Waals surface area contributed by atoms with Gasteiger partial charge < -0.3 is 5.73 Å². The van der Waals surface area contributed by atoms with Crippen molar-refractivity contribution in [3.8, 4) is 0 Å². The highest BCUT2D eigenvalue weighted by Crippen LogP contribution is 2.27. The number of fused-ring (bicyclic) bond motifs is 1. The van der Waals surface area contributed by atoms with Crippen LogP contribution in [-0.4, -0.2) is 0 Å². The standard InChI is InChI=1S/C16H14BrNS/c17-16-8-7-14(19-16)10-15(18)13-6-5-11-3-1-2-4-12(11)9-13/h1-9,15H,10,18H2. The molecule has 0 fully saturated rings. The number of nitrogens with two attached hydrogens (primary N) is 1. The number of hydrogen-bond acceptors (Lipinski definition) is 2. The molecule has 2 aromatic carbocycles. The number of thiophene rings is 1. The number of hydrogen-bond donors (Lipinski definition) is 1. The second kappa shape index (κ2) is 5.45. The lowest BCUT2D eigenvalue weighted by Crippen LogP contribution is -2.12. The van der Waals surface area contributed by atoms with Crippen LogP contribution in [0.2, 0.25) is 0 Å². The maximum Gasteiger partial charge on any atom is 0.0701 e. The summed E-state index contributed by atoms with van der Waals surface area (Å²) in [7, 11) is 0. The molecule has 0 aliphatic carbocycles. The average Bonchev–Trinajstić information content (AvgIpc) is 2.83. The van der Waals surface area contributed by atoms with Gasteiger partial charge in [0.25, 0.3) is 0 Å². The third-order valence-electron chi connectivity index (χ3n) is 3.25. The molecule has 0 saturated heterocycles. The summed E-state index contributed by atoms with van der Waals surface area (Å²) < 4.78 is 1.16. The summed E-state index contributed by atoms with van der Waals surface area (Å²) in [5, 5.41) is 2.51. The predicted octanol–water partition coefficient (Wildman–Crippen LogP) is 4.91. The summed E-state index contributed by atoms with van der Waals surface area (Å²) in [6.07, 6.45) is 0.884. The van der Waals surface area contributed by atoms with Crippen LogP contribution >= 0.6 is 27.3 Å². The first-order valence-electron chi connectivity index (χ1n) is 6.21. The fourth-order valence-electron chi connectivity index (χ4n) is 2.23. The zero-order valence-electron chi connectivity index (χ0n) is 10.3. The summed E-state index contributed by atoms with van der Waals surface area (Å²) in [5.41, 5.74) is 7.52. The normalized spacial score (nSPS) is 12.7. The number of halogens is 1. The van der Waals surface area contributed by atoms with Crippen LogP contribution in [0.3, 0.4) is 0 Å². The van der Waals surface area contributed by atoms with Crippen molar-refractivity contribution in [3.05, 3.63) is 68.8 Å². The molecular weight excluding hydrogens is 318 g/mol. The lowest BCUT2D eigenvalue weighted by Gasteiger charge is -2.12. The molecule has 0 radical (unpaired) electrons. The number of benzene rings is 2. The lowest BCUT2D eigenvalue weighted by molar-refractivity contribution is 0.731. The summed E-state index contributed by atoms with van der Waals surface area (Å²) in [6.45, 7) is 0. The van der Waals surface area contributed by atoms with E-state index in [-0.39, 0.29) is 6.04 Å². The highest BCUT2D eigenvalue weighted by molar-refractivity contribution is 9.11. The van der Waals surface area contributed by atoms with Gasteiger partial charge in [0.2, 0.25) is 0 Å². The highest BCUT2D eigenvalue weighted by atomic mass is 79.9. The van der Waals surface area contributed by atoms with E-state index >= 15 is 0 Å². The van der Waals surface area contributed by atoms with Crippen molar-refractivity contribution >= 4 is 38.0 Å². The lowest BCUT2D eigenvalue weighted by atomic mass is 10.00. The molecule has 0 aliphatic rings. The molecule has 96 valence electrons. The minimum Gasteiger partial charge on any atom is -0.324 e. The summed E-state index contributed by atoms with van der Waals surface area (Å²) in [4.78, 5) is 1.31. The van der Waals surface area contributed by atoms with E-state index in [0.29, 0.717) is 0 Å². The summed E-state index contributed by atoms with van der Waals surface area (Å²) in [6, 6.07) is 19.1. The highest BCUT2D eigenvalue weighted by Gasteiger charge is 2.09. The quantitative estimate of drug-likeness (QED) is 0.725. The van der Waals surface area contributed by atoms with Gasteiger partial charge in [0.05, 0.1) is 3.79 Å². The van der Waals surface area contributed by atoms with Gasteiger partial charge in [-0.15, -0.1) is 11.3 Å². The monoisotopic (exact) mass is 331 g/mol. The van der Waals surface area contributed by atoms with Crippen LogP contribution in [0.15, 0.2) is 58.4 Å². The van der Waals surface area contributed by atoms with Gasteiger partial charge in [0.1, 0.15) is 0 Å². The molecule has 0 saturated carbocycles. The van der Waals surface area contributed by atoms with Gasteiger partial charge in [-0.25, -0.2) is 0 Å². The van der Waals surface area contributed by atoms with E-state index in [1.54, 1.807) is 11.3 Å². The van der Waals surface area contributed by atoms with E-state index < -0.39 is 0 Å². The van der Waals surface area contributed by atoms with Crippen LogP contribution < -0.4 is 5.73 Å². The number of rotatable bonds is 3. The van der Waals surface area contributed by atoms with Crippen molar-refractivity contribution in [1.29, 1.82) is 0 Å². The van der Waals surface area contributed by atoms with E-state index in [1.165, 1.54) is 21.2 Å². The van der Waals surface area contributed by atoms with E-state index in [9.17, 15) is 0 Å². The minimum absolute atomic E-state index is 0.0511. The van der Waals surface area contributed by atoms with Gasteiger partial charge >= 0.3 is 0 Å². The first kappa shape index (κ1) is 12.9. The Morgan fingerprint density at radius 2 is 1.79 bits per heavy atom. The summed E-state index contributed by atoms with van der Waals surface area (Å²) >= 11 is 5.24. The van der Waals surface area contributed by atoms with Gasteiger partial charge in [-0.3, -0.25) is 0 Å². The zero-order valence-corrected chi connectivity index (χ0v) is 12.7. The first-order chi connectivity index (χ1) is 9.22. The molecule has 3 aromatic rings. The van der Waals surface area contributed by atoms with Crippen LogP contribution in [-0.2, 0) is 6.42 Å². The zero-order chi connectivity index (χ0) is 13.2. The molecule has 1 heterocycles. The Morgan fingerprint density at radius 3 is 2.53 bits per heavy atom. The van der Waals surface area contributed by atoms with Gasteiger partial charge in [-0.1, -0.05) is 36.4 Å². The van der Waals surface area contributed by atoms with E-state index in [2.05, 4.69) is 70.5 Å². The van der Waals surface area contributed by atoms with Crippen LogP contribution in [0.4, 0.5) is 0 Å². The Hall–Kier alpha value is -1.16. The molecule has 0 spiro atoms. The second-order valence-electron chi connectivity index (χ2n) is 4.62. The Labute approximate surface area is 125 Å². The molecule has 1 nitrogen and oxygen atoms in total. The maximum absolute atomic E-state index is 6.32. The maximum atomic E-state index is 6.32. The van der Waals surface area contributed by atoms with Crippen LogP contribution in [0, 0.1) is 0 Å². The van der Waals surface area contributed by atoms with Gasteiger partial charge in [0.15, 0.2) is 0 Å². The molecule has 0 bridgehead atoms. The largest absolute Gasteiger partial charge is 0.324 e. The molecule has 3 rings (SSSR count). The van der Waals surface area contributed by atoms with Gasteiger partial charge in [-0.05, 0) is 50.5 Å². The first-order valence-corrected chi connectivity index (χ1v) is 7.82. The Balaban J connectivity index is 1.86. The smallest absolute Gasteiger partial charge is 0.0701 e. The van der Waals surface area contributed by atoms with Crippen LogP contribution in [0.25, 0.3) is 10.8 Å². The molecule has 1 unspecified atom stereocenters. The molecule has 0 aliphatic heterocycles. The fourth-order valence-corrected chi connectivity index (χ4v) is 3.78. The molecule has 3 heteroatoms. The van der Waals surface area contributed by atoms with Gasteiger partial charge in [0, 0.05) is 17.3 Å². The van der Waals surface area contributed by atoms with Crippen molar-refractivity contribution in [2.45, 2.75) is 12.5 Å². The van der Waals surface area contributed by atoms with Crippen LogP contribution in [0.5, 0.6) is 0 Å². The van der Waals surface area contributed by atoms with Crippen LogP contribution in [0.1, 0.15) is 16.5 Å². The Bertz CT molecular complexity index is 705. The van der Waals surface area contributed by atoms with Crippen molar-refractivity contribution in [1.82, 2.24) is 0 Å². The topological polar surface area (TPSA) is 26.0 Å². The van der Waals surface area contributed by atoms with E-state index in [1.807, 2.05) is 0 Å². The Morgan fingerprint density at radius 1 is 1.00 bits per heavy atom. The summed E-state index contributed by atoms with van der Waals surface area (Å²) in [5.74, 6) is 0. The van der Waals surface area contributed by atoms with Crippen molar-refractivity contribution in [2.24, 2.45) is 5.73 Å². The van der Waals surface area contributed by atoms with E-state index in [4.69, 9.17) is 5.73 Å². The second-order valence-corrected chi connectivity index (χ2v) is 7.17. The molecule has 1 atom stereocenters. The molecule has 1 aromatic heterocycles. The molecular formula is C16H14BrNS. The molecule has 2 N–H and O–H groups in total. The van der Waals surface area contributed by atoms with Gasteiger partial charge in [-0.2, -0.15) is 0 Å². The minimum atomic E-state index is 0.0511. The third kappa shape index (κ3) is 2.89. The Kier molecular flexibility index (Phi) is 3.69. The predicted molar refractivity (Wildman–Crippen MR) is 86.6 cm³/mol. The van der Waals surface area contributed by atoms with Crippen molar-refractivity contribution in [2.75, 3.05) is 0 Å². The van der Waals surface area contributed by atoms with Crippen molar-refractivity contribution in [3.63, 3.8) is 0 Å². The molecule has 19 heavy (non-hydrogen) atoms. The molecule has 0 amide bonds. The average molecular weight is 332 g/mol. The van der Waals surface area contributed by atoms with Crippen molar-refractivity contribution < 1.29 is 0 Å². The third-order valence-corrected chi connectivity index (χ3v) is 4.90. The van der Waals surface area contributed by atoms with E-state index in [0.717, 1.165) is 10.2 Å². The fraction of sp³-hybridized carbons (Fsp3) is 0.125.